The predicted octanol–water partition coefficient (Wildman–Crippen LogP) is 8.08. The molecule has 1 aliphatic carbocycles. The minimum absolute atomic E-state index is 0. The first-order valence-corrected chi connectivity index (χ1v) is 9.95. The first kappa shape index (κ1) is 43.2. The van der Waals surface area contributed by atoms with Crippen LogP contribution >= 0.6 is 0 Å². The molecule has 1 aliphatic rings. The van der Waals surface area contributed by atoms with E-state index in [0.29, 0.717) is 0 Å². The number of ether oxygens (including phenoxy) is 2. The maximum absolute atomic E-state index is 9.59. The monoisotopic (exact) mass is 444 g/mol. The highest BCUT2D eigenvalue weighted by Gasteiger charge is 2.13. The first-order valence-electron chi connectivity index (χ1n) is 9.95. The molecule has 1 aromatic carbocycles. The van der Waals surface area contributed by atoms with Gasteiger partial charge < -0.3 is 14.3 Å². The fourth-order valence-electron chi connectivity index (χ4n) is 2.06. The third kappa shape index (κ3) is 47.5. The highest BCUT2D eigenvalue weighted by atomic mass is 16.5. The van der Waals surface area contributed by atoms with E-state index >= 15 is 0 Å². The molecule has 0 saturated heterocycles. The van der Waals surface area contributed by atoms with E-state index in [9.17, 15) is 9.59 Å². The second-order valence-electron chi connectivity index (χ2n) is 7.53. The SMILES string of the molecule is C.C.C.CC(C)=O.CC1CCC(C)CC1.COC.COC(C)=O.Cc1ccc(C)cc1. The summed E-state index contributed by atoms with van der Waals surface area (Å²) in [5.74, 6) is 1.96. The zero-order chi connectivity index (χ0) is 22.5. The lowest BCUT2D eigenvalue weighted by Crippen LogP contribution is -2.08. The summed E-state index contributed by atoms with van der Waals surface area (Å²) >= 11 is 0. The number of methoxy groups -OCH3 is 2. The third-order valence-electron chi connectivity index (χ3n) is 3.81. The standard InChI is InChI=1S/C8H16.C8H10.C3H6O2.C3H6O.C2H6O.3CH4/c2*1-7-3-5-8(2)6-4-7;1-3(4)5-2;1-3(2)4;1-3-2;;;/h7-8H,3-6H2,1-2H3;3-6H,1-2H3;1-2H3;1-2H3;1-2H3;3*1H4. The van der Waals surface area contributed by atoms with Crippen molar-refractivity contribution in [1.29, 1.82) is 0 Å². The first-order chi connectivity index (χ1) is 13.0. The van der Waals surface area contributed by atoms with Gasteiger partial charge in [-0.3, -0.25) is 4.79 Å². The van der Waals surface area contributed by atoms with Crippen LogP contribution in [0.2, 0.25) is 0 Å². The summed E-state index contributed by atoms with van der Waals surface area (Å²) in [6.07, 6.45) is 5.89. The molecule has 0 unspecified atom stereocenters. The zero-order valence-electron chi connectivity index (χ0n) is 19.9. The van der Waals surface area contributed by atoms with Gasteiger partial charge in [-0.15, -0.1) is 0 Å². The Morgan fingerprint density at radius 3 is 1.00 bits per heavy atom. The normalized spacial score (nSPS) is 15.2. The molecule has 1 fully saturated rings. The molecule has 0 aromatic heterocycles. The summed E-state index contributed by atoms with van der Waals surface area (Å²) in [5, 5.41) is 0. The van der Waals surface area contributed by atoms with Crippen molar-refractivity contribution in [2.24, 2.45) is 11.8 Å². The van der Waals surface area contributed by atoms with Gasteiger partial charge in [-0.1, -0.05) is 97.2 Å². The minimum atomic E-state index is -0.245. The Morgan fingerprint density at radius 2 is 0.871 bits per heavy atom. The topological polar surface area (TPSA) is 52.6 Å². The number of esters is 1. The number of rotatable bonds is 0. The van der Waals surface area contributed by atoms with Crippen molar-refractivity contribution in [3.63, 3.8) is 0 Å². The van der Waals surface area contributed by atoms with Crippen molar-refractivity contribution in [3.05, 3.63) is 35.4 Å². The van der Waals surface area contributed by atoms with Gasteiger partial charge in [-0.05, 0) is 39.5 Å². The van der Waals surface area contributed by atoms with Gasteiger partial charge in [0.15, 0.2) is 0 Å². The number of hydrogen-bond acceptors (Lipinski definition) is 4. The molecular weight excluding hydrogens is 388 g/mol. The van der Waals surface area contributed by atoms with Crippen LogP contribution in [0.1, 0.15) is 93.7 Å². The highest BCUT2D eigenvalue weighted by Crippen LogP contribution is 2.27. The van der Waals surface area contributed by atoms with Gasteiger partial charge in [0, 0.05) is 21.1 Å². The van der Waals surface area contributed by atoms with Crippen LogP contribution in [0.25, 0.3) is 0 Å². The molecule has 31 heavy (non-hydrogen) atoms. The van der Waals surface area contributed by atoms with Gasteiger partial charge in [0.25, 0.3) is 0 Å². The van der Waals surface area contributed by atoms with Crippen LogP contribution in [0, 0.1) is 25.7 Å². The minimum Gasteiger partial charge on any atom is -0.469 e. The Balaban J connectivity index is -0.0000000645. The largest absolute Gasteiger partial charge is 0.469 e. The van der Waals surface area contributed by atoms with Crippen LogP contribution in [0.5, 0.6) is 0 Å². The van der Waals surface area contributed by atoms with E-state index in [-0.39, 0.29) is 34.0 Å². The second kappa shape index (κ2) is 30.5. The van der Waals surface area contributed by atoms with Gasteiger partial charge in [0.2, 0.25) is 0 Å². The van der Waals surface area contributed by atoms with E-state index in [1.807, 2.05) is 0 Å². The van der Waals surface area contributed by atoms with E-state index in [1.54, 1.807) is 14.2 Å². The number of Topliss-reactive ketones (excluding diaryl/α,β-unsaturated/α-hetero) is 1. The lowest BCUT2D eigenvalue weighted by Gasteiger charge is -2.22. The van der Waals surface area contributed by atoms with Crippen LogP contribution in [0.15, 0.2) is 24.3 Å². The van der Waals surface area contributed by atoms with Gasteiger partial charge in [0.1, 0.15) is 5.78 Å². The Morgan fingerprint density at radius 1 is 0.710 bits per heavy atom. The van der Waals surface area contributed by atoms with Crippen LogP contribution in [-0.2, 0) is 19.1 Å². The second-order valence-corrected chi connectivity index (χ2v) is 7.53. The molecule has 0 atom stereocenters. The Kier molecular flexibility index (Phi) is 42.6. The number of aryl methyl sites for hydroxylation is 2. The van der Waals surface area contributed by atoms with E-state index in [4.69, 9.17) is 0 Å². The van der Waals surface area contributed by atoms with Crippen LogP contribution in [0.4, 0.5) is 0 Å². The molecule has 2 rings (SSSR count). The highest BCUT2D eigenvalue weighted by molar-refractivity contribution is 5.72. The summed E-state index contributed by atoms with van der Waals surface area (Å²) < 4.78 is 8.36. The van der Waals surface area contributed by atoms with Crippen molar-refractivity contribution in [2.75, 3.05) is 21.3 Å². The number of hydrogen-bond donors (Lipinski definition) is 0. The fraction of sp³-hybridized carbons (Fsp3) is 0.704. The molecule has 4 nitrogen and oxygen atoms in total. The number of carbonyl (C=O) groups excluding carboxylic acids is 2. The Labute approximate surface area is 196 Å². The van der Waals surface area contributed by atoms with E-state index in [0.717, 1.165) is 11.8 Å². The molecule has 0 radical (unpaired) electrons. The molecule has 1 aromatic rings. The summed E-state index contributed by atoms with van der Waals surface area (Å²) in [7, 11) is 4.60. The van der Waals surface area contributed by atoms with Crippen molar-refractivity contribution in [2.45, 2.75) is 96.4 Å². The van der Waals surface area contributed by atoms with Crippen LogP contribution < -0.4 is 0 Å². The third-order valence-corrected chi connectivity index (χ3v) is 3.81. The van der Waals surface area contributed by atoms with Crippen molar-refractivity contribution < 1.29 is 19.1 Å². The van der Waals surface area contributed by atoms with E-state index in [2.05, 4.69) is 61.4 Å². The maximum Gasteiger partial charge on any atom is 0.302 e. The number of benzene rings is 1. The number of carbonyl (C=O) groups is 2. The quantitative estimate of drug-likeness (QED) is 0.379. The Hall–Kier alpha value is -1.68. The molecular formula is C27H56O4. The van der Waals surface area contributed by atoms with Gasteiger partial charge in [0.05, 0.1) is 7.11 Å². The van der Waals surface area contributed by atoms with Crippen molar-refractivity contribution >= 4 is 11.8 Å². The smallest absolute Gasteiger partial charge is 0.302 e. The molecule has 0 spiro atoms. The van der Waals surface area contributed by atoms with Gasteiger partial charge >= 0.3 is 5.97 Å². The van der Waals surface area contributed by atoms with Gasteiger partial charge in [-0.2, -0.15) is 0 Å². The summed E-state index contributed by atoms with van der Waals surface area (Å²) in [6.45, 7) is 13.3. The lowest BCUT2D eigenvalue weighted by molar-refractivity contribution is -0.137. The van der Waals surface area contributed by atoms with Crippen LogP contribution in [-0.4, -0.2) is 33.1 Å². The Bertz CT molecular complexity index is 438. The van der Waals surface area contributed by atoms with Crippen molar-refractivity contribution in [1.82, 2.24) is 0 Å². The molecule has 0 bridgehead atoms. The van der Waals surface area contributed by atoms with Crippen molar-refractivity contribution in [3.8, 4) is 0 Å². The zero-order valence-corrected chi connectivity index (χ0v) is 19.9. The van der Waals surface area contributed by atoms with E-state index < -0.39 is 0 Å². The van der Waals surface area contributed by atoms with Crippen LogP contribution in [0.3, 0.4) is 0 Å². The molecule has 1 saturated carbocycles. The summed E-state index contributed by atoms with van der Waals surface area (Å²) in [6, 6.07) is 8.48. The molecule has 0 heterocycles. The molecule has 0 aliphatic heterocycles. The fourth-order valence-corrected chi connectivity index (χ4v) is 2.06. The summed E-state index contributed by atoms with van der Waals surface area (Å²) in [4.78, 5) is 19.0. The van der Waals surface area contributed by atoms with E-state index in [1.165, 1.54) is 64.7 Å². The maximum atomic E-state index is 9.59. The number of ketones is 1. The lowest BCUT2D eigenvalue weighted by atomic mass is 9.84. The average molecular weight is 445 g/mol. The predicted molar refractivity (Wildman–Crippen MR) is 140 cm³/mol. The molecule has 4 heteroatoms. The molecule has 0 N–H and O–H groups in total. The molecule has 0 amide bonds. The van der Waals surface area contributed by atoms with Gasteiger partial charge in [-0.25, -0.2) is 0 Å². The average Bonchev–Trinajstić information content (AvgIpc) is 2.61. The summed E-state index contributed by atoms with van der Waals surface area (Å²) in [5.41, 5.74) is 2.66. The molecule has 188 valence electrons.